The van der Waals surface area contributed by atoms with Gasteiger partial charge in [-0.2, -0.15) is 0 Å². The molecule has 0 amide bonds. The fourth-order valence-electron chi connectivity index (χ4n) is 3.19. The molecule has 0 radical (unpaired) electrons. The molecule has 1 aliphatic carbocycles. The molecular formula is C16H24N2O. The Morgan fingerprint density at radius 1 is 1.21 bits per heavy atom. The first-order valence-electron chi connectivity index (χ1n) is 7.34. The second-order valence-electron chi connectivity index (χ2n) is 5.94. The van der Waals surface area contributed by atoms with Crippen LogP contribution in [-0.4, -0.2) is 37.2 Å². The molecule has 1 saturated carbocycles. The van der Waals surface area contributed by atoms with Gasteiger partial charge in [0.05, 0.1) is 7.11 Å². The van der Waals surface area contributed by atoms with Gasteiger partial charge in [-0.1, -0.05) is 6.07 Å². The number of likely N-dealkylation sites (tertiary alicyclic amines) is 1. The van der Waals surface area contributed by atoms with Crippen LogP contribution in [0.2, 0.25) is 0 Å². The largest absolute Gasteiger partial charge is 0.496 e. The van der Waals surface area contributed by atoms with Crippen LogP contribution in [0.1, 0.15) is 30.4 Å². The Morgan fingerprint density at radius 2 is 2.00 bits per heavy atom. The van der Waals surface area contributed by atoms with Crippen LogP contribution in [0.5, 0.6) is 5.75 Å². The molecule has 19 heavy (non-hydrogen) atoms. The lowest BCUT2D eigenvalue weighted by atomic mass is 10.1. The van der Waals surface area contributed by atoms with Crippen molar-refractivity contribution in [2.24, 2.45) is 0 Å². The van der Waals surface area contributed by atoms with Gasteiger partial charge in [-0.25, -0.2) is 0 Å². The first-order valence-corrected chi connectivity index (χ1v) is 7.34. The smallest absolute Gasteiger partial charge is 0.126 e. The highest BCUT2D eigenvalue weighted by Gasteiger charge is 2.34. The lowest BCUT2D eigenvalue weighted by Crippen LogP contribution is -2.27. The van der Waals surface area contributed by atoms with Crippen LogP contribution in [-0.2, 0) is 0 Å². The predicted octanol–water partition coefficient (Wildman–Crippen LogP) is 2.96. The summed E-state index contributed by atoms with van der Waals surface area (Å²) in [6.07, 6.45) is 4.07. The number of anilines is 1. The van der Waals surface area contributed by atoms with Gasteiger partial charge in [0.25, 0.3) is 0 Å². The fourth-order valence-corrected chi connectivity index (χ4v) is 3.19. The van der Waals surface area contributed by atoms with Gasteiger partial charge in [-0.15, -0.1) is 0 Å². The second-order valence-corrected chi connectivity index (χ2v) is 5.94. The van der Waals surface area contributed by atoms with Crippen molar-refractivity contribution in [3.63, 3.8) is 0 Å². The van der Waals surface area contributed by atoms with E-state index in [0.29, 0.717) is 6.04 Å². The average molecular weight is 260 g/mol. The van der Waals surface area contributed by atoms with Crippen LogP contribution in [0.15, 0.2) is 12.1 Å². The molecule has 0 aromatic heterocycles. The van der Waals surface area contributed by atoms with Crippen LogP contribution in [0.3, 0.4) is 0 Å². The number of ether oxygens (including phenoxy) is 1. The number of nitrogens with zero attached hydrogens (tertiary/aromatic N) is 1. The van der Waals surface area contributed by atoms with E-state index in [9.17, 15) is 0 Å². The van der Waals surface area contributed by atoms with Crippen LogP contribution in [0.25, 0.3) is 0 Å². The van der Waals surface area contributed by atoms with E-state index in [1.165, 1.54) is 49.2 Å². The van der Waals surface area contributed by atoms with Crippen molar-refractivity contribution < 1.29 is 4.74 Å². The Morgan fingerprint density at radius 3 is 2.68 bits per heavy atom. The molecule has 104 valence electrons. The van der Waals surface area contributed by atoms with Crippen molar-refractivity contribution in [3.8, 4) is 5.75 Å². The van der Waals surface area contributed by atoms with Crippen molar-refractivity contribution in [2.45, 2.75) is 45.2 Å². The lowest BCUT2D eigenvalue weighted by molar-refractivity contribution is 0.326. The molecule has 1 saturated heterocycles. The number of hydrogen-bond acceptors (Lipinski definition) is 3. The molecule has 1 aromatic rings. The van der Waals surface area contributed by atoms with Gasteiger partial charge in [-0.3, -0.25) is 4.90 Å². The van der Waals surface area contributed by atoms with Crippen molar-refractivity contribution in [2.75, 3.05) is 25.5 Å². The van der Waals surface area contributed by atoms with E-state index < -0.39 is 0 Å². The van der Waals surface area contributed by atoms with E-state index in [1.807, 2.05) is 0 Å². The first kappa shape index (κ1) is 12.8. The minimum Gasteiger partial charge on any atom is -0.496 e. The van der Waals surface area contributed by atoms with Gasteiger partial charge in [0, 0.05) is 36.4 Å². The summed E-state index contributed by atoms with van der Waals surface area (Å²) >= 11 is 0. The van der Waals surface area contributed by atoms with Gasteiger partial charge in [-0.05, 0) is 44.7 Å². The maximum atomic E-state index is 5.50. The molecule has 1 heterocycles. The normalized spacial score (nSPS) is 23.6. The van der Waals surface area contributed by atoms with Crippen LogP contribution >= 0.6 is 0 Å². The molecule has 0 bridgehead atoms. The maximum Gasteiger partial charge on any atom is 0.126 e. The number of aryl methyl sites for hydroxylation is 1. The summed E-state index contributed by atoms with van der Waals surface area (Å²) in [5.41, 5.74) is 3.66. The van der Waals surface area contributed by atoms with Gasteiger partial charge in [0.2, 0.25) is 0 Å². The monoisotopic (exact) mass is 260 g/mol. The molecule has 1 N–H and O–H groups in total. The van der Waals surface area contributed by atoms with E-state index in [1.54, 1.807) is 7.11 Å². The highest BCUT2D eigenvalue weighted by molar-refractivity contribution is 5.60. The number of nitrogens with one attached hydrogen (secondary N) is 1. The van der Waals surface area contributed by atoms with Crippen LogP contribution < -0.4 is 10.1 Å². The SMILES string of the molecule is COc1c(C)ccc(NC2CCN(C3CC3)C2)c1C. The summed E-state index contributed by atoms with van der Waals surface area (Å²) in [4.78, 5) is 2.64. The fraction of sp³-hybridized carbons (Fsp3) is 0.625. The Bertz CT molecular complexity index is 468. The minimum atomic E-state index is 0.590. The Kier molecular flexibility index (Phi) is 3.40. The summed E-state index contributed by atoms with van der Waals surface area (Å²) in [6, 6.07) is 5.81. The van der Waals surface area contributed by atoms with Gasteiger partial charge < -0.3 is 10.1 Å². The zero-order valence-corrected chi connectivity index (χ0v) is 12.2. The summed E-state index contributed by atoms with van der Waals surface area (Å²) in [7, 11) is 1.75. The van der Waals surface area contributed by atoms with E-state index in [0.717, 1.165) is 11.8 Å². The van der Waals surface area contributed by atoms with Crippen molar-refractivity contribution >= 4 is 5.69 Å². The minimum absolute atomic E-state index is 0.590. The third-order valence-corrected chi connectivity index (χ3v) is 4.45. The third kappa shape index (κ3) is 2.57. The van der Waals surface area contributed by atoms with Gasteiger partial charge in [0.1, 0.15) is 5.75 Å². The van der Waals surface area contributed by atoms with Gasteiger partial charge >= 0.3 is 0 Å². The zero-order chi connectivity index (χ0) is 13.4. The average Bonchev–Trinajstić information content (AvgIpc) is 3.14. The van der Waals surface area contributed by atoms with E-state index in [-0.39, 0.29) is 0 Å². The van der Waals surface area contributed by atoms with Crippen LogP contribution in [0, 0.1) is 13.8 Å². The lowest BCUT2D eigenvalue weighted by Gasteiger charge is -2.19. The topological polar surface area (TPSA) is 24.5 Å². The zero-order valence-electron chi connectivity index (χ0n) is 12.2. The standard InChI is InChI=1S/C16H24N2O/c1-11-4-7-15(12(2)16(11)19-3)17-13-8-9-18(10-13)14-5-6-14/h4,7,13-14,17H,5-6,8-10H2,1-3H3. The van der Waals surface area contributed by atoms with Gasteiger partial charge in [0.15, 0.2) is 0 Å². The summed E-state index contributed by atoms with van der Waals surface area (Å²) in [6.45, 7) is 6.69. The van der Waals surface area contributed by atoms with E-state index in [4.69, 9.17) is 4.74 Å². The summed E-state index contributed by atoms with van der Waals surface area (Å²) < 4.78 is 5.50. The molecule has 3 heteroatoms. The van der Waals surface area contributed by atoms with Crippen molar-refractivity contribution in [1.82, 2.24) is 4.90 Å². The molecule has 3 nitrogen and oxygen atoms in total. The first-order chi connectivity index (χ1) is 9.19. The molecule has 0 spiro atoms. The predicted molar refractivity (Wildman–Crippen MR) is 79.1 cm³/mol. The quantitative estimate of drug-likeness (QED) is 0.901. The number of rotatable bonds is 4. The number of benzene rings is 1. The Labute approximate surface area is 115 Å². The molecule has 1 unspecified atom stereocenters. The Balaban J connectivity index is 1.69. The van der Waals surface area contributed by atoms with Crippen LogP contribution in [0.4, 0.5) is 5.69 Å². The second kappa shape index (κ2) is 5.04. The molecular weight excluding hydrogens is 236 g/mol. The highest BCUT2D eigenvalue weighted by Crippen LogP contribution is 2.33. The Hall–Kier alpha value is -1.22. The van der Waals surface area contributed by atoms with Crippen molar-refractivity contribution in [3.05, 3.63) is 23.3 Å². The number of hydrogen-bond donors (Lipinski definition) is 1. The molecule has 2 fully saturated rings. The number of methoxy groups -OCH3 is 1. The van der Waals surface area contributed by atoms with E-state index >= 15 is 0 Å². The summed E-state index contributed by atoms with van der Waals surface area (Å²) in [5.74, 6) is 1.02. The molecule has 1 aliphatic heterocycles. The molecule has 1 atom stereocenters. The maximum absolute atomic E-state index is 5.50. The third-order valence-electron chi connectivity index (χ3n) is 4.45. The summed E-state index contributed by atoms with van der Waals surface area (Å²) in [5, 5.41) is 3.70. The molecule has 1 aromatic carbocycles. The molecule has 3 rings (SSSR count). The van der Waals surface area contributed by atoms with E-state index in [2.05, 4.69) is 36.2 Å². The molecule has 2 aliphatic rings. The highest BCUT2D eigenvalue weighted by atomic mass is 16.5. The van der Waals surface area contributed by atoms with Crippen molar-refractivity contribution in [1.29, 1.82) is 0 Å².